The summed E-state index contributed by atoms with van der Waals surface area (Å²) in [5.74, 6) is -0.00442. The molecule has 0 bridgehead atoms. The molecule has 0 atom stereocenters. The molecule has 2 N–H and O–H groups in total. The van der Waals surface area contributed by atoms with Crippen molar-refractivity contribution in [1.82, 2.24) is 0 Å². The van der Waals surface area contributed by atoms with E-state index in [2.05, 4.69) is 20.9 Å². The van der Waals surface area contributed by atoms with Crippen molar-refractivity contribution in [2.24, 2.45) is 10.7 Å². The number of thiophene rings is 1. The third-order valence-electron chi connectivity index (χ3n) is 1.10. The van der Waals surface area contributed by atoms with Gasteiger partial charge >= 0.3 is 0 Å². The number of hydrogen-bond donors (Lipinski definition) is 1. The van der Waals surface area contributed by atoms with Gasteiger partial charge < -0.3 is 5.73 Å². The van der Waals surface area contributed by atoms with E-state index in [1.54, 1.807) is 0 Å². The smallest absolute Gasteiger partial charge is 0.244 e. The normalized spacial score (nSPS) is 11.7. The van der Waals surface area contributed by atoms with E-state index < -0.39 is 0 Å². The van der Waals surface area contributed by atoms with Gasteiger partial charge in [-0.3, -0.25) is 4.79 Å². The van der Waals surface area contributed by atoms with Crippen LogP contribution in [0, 0.1) is 0 Å². The van der Waals surface area contributed by atoms with Crippen molar-refractivity contribution in [3.63, 3.8) is 0 Å². The molecule has 0 spiro atoms. The lowest BCUT2D eigenvalue weighted by molar-refractivity contribution is -0.115. The molecule has 0 aliphatic heterocycles. The molecule has 0 fully saturated rings. The van der Waals surface area contributed by atoms with Crippen LogP contribution in [0.2, 0.25) is 0 Å². The molecule has 12 heavy (non-hydrogen) atoms. The van der Waals surface area contributed by atoms with Crippen LogP contribution in [0.25, 0.3) is 0 Å². The maximum atomic E-state index is 10.6. The second-order valence-electron chi connectivity index (χ2n) is 2.12. The van der Waals surface area contributed by atoms with E-state index >= 15 is 0 Å². The van der Waals surface area contributed by atoms with E-state index in [-0.39, 0.29) is 11.7 Å². The summed E-state index contributed by atoms with van der Waals surface area (Å²) in [6, 6.07) is 3.68. The van der Waals surface area contributed by atoms with Crippen LogP contribution in [0.3, 0.4) is 0 Å². The quantitative estimate of drug-likeness (QED) is 0.607. The van der Waals surface area contributed by atoms with Gasteiger partial charge in [-0.1, -0.05) is 0 Å². The topological polar surface area (TPSA) is 55.5 Å². The van der Waals surface area contributed by atoms with Crippen molar-refractivity contribution in [2.45, 2.75) is 6.92 Å². The number of carbonyl (C=O) groups is 1. The Morgan fingerprint density at radius 2 is 2.33 bits per heavy atom. The first kappa shape index (κ1) is 9.41. The Hall–Kier alpha value is -0.680. The van der Waals surface area contributed by atoms with Crippen molar-refractivity contribution < 1.29 is 4.79 Å². The minimum atomic E-state index is -0.281. The second-order valence-corrected chi connectivity index (χ2v) is 4.58. The molecule has 5 heteroatoms. The van der Waals surface area contributed by atoms with E-state index in [4.69, 9.17) is 5.73 Å². The number of amidine groups is 1. The van der Waals surface area contributed by atoms with Crippen LogP contribution in [-0.4, -0.2) is 11.7 Å². The summed E-state index contributed by atoms with van der Waals surface area (Å²) in [5.41, 5.74) is 5.53. The molecule has 0 aliphatic carbocycles. The third-order valence-corrected chi connectivity index (χ3v) is 2.75. The van der Waals surface area contributed by atoms with Gasteiger partial charge in [0.05, 0.1) is 8.66 Å². The Morgan fingerprint density at radius 3 is 2.75 bits per heavy atom. The van der Waals surface area contributed by atoms with Crippen LogP contribution >= 0.6 is 27.3 Å². The molecule has 0 aliphatic rings. The SMILES string of the molecule is CC(=O)N=C(N)c1ccc(Br)s1. The molecule has 1 heterocycles. The molecule has 1 aromatic heterocycles. The van der Waals surface area contributed by atoms with E-state index in [1.807, 2.05) is 12.1 Å². The molecule has 64 valence electrons. The monoisotopic (exact) mass is 246 g/mol. The van der Waals surface area contributed by atoms with E-state index in [0.717, 1.165) is 8.66 Å². The minimum Gasteiger partial charge on any atom is -0.382 e. The van der Waals surface area contributed by atoms with Crippen LogP contribution < -0.4 is 5.73 Å². The average molecular weight is 247 g/mol. The summed E-state index contributed by atoms with van der Waals surface area (Å²) in [6.45, 7) is 1.37. The first-order valence-electron chi connectivity index (χ1n) is 3.20. The predicted molar refractivity (Wildman–Crippen MR) is 53.4 cm³/mol. The fourth-order valence-electron chi connectivity index (χ4n) is 0.677. The molecule has 0 saturated carbocycles. The Morgan fingerprint density at radius 1 is 1.67 bits per heavy atom. The lowest BCUT2D eigenvalue weighted by Crippen LogP contribution is -2.12. The summed E-state index contributed by atoms with van der Waals surface area (Å²) in [6.07, 6.45) is 0. The zero-order valence-corrected chi connectivity index (χ0v) is 8.78. The molecule has 0 radical (unpaired) electrons. The van der Waals surface area contributed by atoms with E-state index in [1.165, 1.54) is 18.3 Å². The molecule has 1 aromatic rings. The minimum absolute atomic E-state index is 0.276. The summed E-state index contributed by atoms with van der Waals surface area (Å²) < 4.78 is 0.971. The Labute approximate surface area is 82.4 Å². The predicted octanol–water partition coefficient (Wildman–Crippen LogP) is 1.76. The number of hydrogen-bond acceptors (Lipinski definition) is 2. The standard InChI is InChI=1S/C7H7BrN2OS/c1-4(11)10-7(9)5-2-3-6(8)12-5/h2-3H,1H3,(H2,9,10,11). The molecular weight excluding hydrogens is 240 g/mol. The van der Waals surface area contributed by atoms with E-state index in [9.17, 15) is 4.79 Å². The second kappa shape index (κ2) is 3.82. The number of nitrogens with two attached hydrogens (primary N) is 1. The molecule has 1 amide bonds. The van der Waals surface area contributed by atoms with Crippen LogP contribution in [0.15, 0.2) is 20.9 Å². The number of halogens is 1. The number of amides is 1. The highest BCUT2D eigenvalue weighted by atomic mass is 79.9. The highest BCUT2D eigenvalue weighted by Crippen LogP contribution is 2.21. The molecule has 0 unspecified atom stereocenters. The van der Waals surface area contributed by atoms with Gasteiger partial charge in [0.15, 0.2) is 0 Å². The van der Waals surface area contributed by atoms with E-state index in [0.29, 0.717) is 0 Å². The zero-order valence-electron chi connectivity index (χ0n) is 6.37. The fourth-order valence-corrected chi connectivity index (χ4v) is 1.96. The van der Waals surface area contributed by atoms with Gasteiger partial charge in [0, 0.05) is 6.92 Å². The van der Waals surface area contributed by atoms with Crippen molar-refractivity contribution >= 4 is 39.0 Å². The summed E-state index contributed by atoms with van der Waals surface area (Å²) in [7, 11) is 0. The van der Waals surface area contributed by atoms with Gasteiger partial charge in [0.2, 0.25) is 5.91 Å². The number of carbonyl (C=O) groups excluding carboxylic acids is 1. The van der Waals surface area contributed by atoms with Crippen LogP contribution in [0.4, 0.5) is 0 Å². The maximum Gasteiger partial charge on any atom is 0.244 e. The first-order chi connectivity index (χ1) is 5.59. The lowest BCUT2D eigenvalue weighted by Gasteiger charge is -1.91. The van der Waals surface area contributed by atoms with Crippen molar-refractivity contribution in [3.05, 3.63) is 20.8 Å². The number of nitrogens with zero attached hydrogens (tertiary/aromatic N) is 1. The van der Waals surface area contributed by atoms with Gasteiger partial charge in [0.25, 0.3) is 0 Å². The molecule has 0 saturated heterocycles. The Balaban J connectivity index is 2.91. The number of aliphatic imine (C=N–C) groups is 1. The fraction of sp³-hybridized carbons (Fsp3) is 0.143. The molecule has 1 rings (SSSR count). The molecule has 3 nitrogen and oxygen atoms in total. The Kier molecular flexibility index (Phi) is 2.99. The molecule has 0 aromatic carbocycles. The van der Waals surface area contributed by atoms with Gasteiger partial charge in [-0.05, 0) is 28.1 Å². The lowest BCUT2D eigenvalue weighted by atomic mass is 10.4. The van der Waals surface area contributed by atoms with Gasteiger partial charge in [-0.2, -0.15) is 4.99 Å². The summed E-state index contributed by atoms with van der Waals surface area (Å²) >= 11 is 4.74. The summed E-state index contributed by atoms with van der Waals surface area (Å²) in [4.78, 5) is 15.0. The van der Waals surface area contributed by atoms with Crippen molar-refractivity contribution in [3.8, 4) is 0 Å². The highest BCUT2D eigenvalue weighted by Gasteiger charge is 2.02. The van der Waals surface area contributed by atoms with Gasteiger partial charge in [-0.15, -0.1) is 11.3 Å². The van der Waals surface area contributed by atoms with Gasteiger partial charge in [0.1, 0.15) is 5.84 Å². The van der Waals surface area contributed by atoms with Crippen molar-refractivity contribution in [1.29, 1.82) is 0 Å². The molecular formula is C7H7BrN2OS. The van der Waals surface area contributed by atoms with Crippen molar-refractivity contribution in [2.75, 3.05) is 0 Å². The van der Waals surface area contributed by atoms with Crippen LogP contribution in [-0.2, 0) is 4.79 Å². The zero-order chi connectivity index (χ0) is 9.14. The average Bonchev–Trinajstić information content (AvgIpc) is 2.34. The Bertz CT molecular complexity index is 332. The van der Waals surface area contributed by atoms with Crippen LogP contribution in [0.5, 0.6) is 0 Å². The largest absolute Gasteiger partial charge is 0.382 e. The third kappa shape index (κ3) is 2.42. The number of rotatable bonds is 1. The van der Waals surface area contributed by atoms with Gasteiger partial charge in [-0.25, -0.2) is 0 Å². The highest BCUT2D eigenvalue weighted by molar-refractivity contribution is 9.11. The van der Waals surface area contributed by atoms with Crippen LogP contribution in [0.1, 0.15) is 11.8 Å². The summed E-state index contributed by atoms with van der Waals surface area (Å²) in [5, 5.41) is 0. The maximum absolute atomic E-state index is 10.6. The first-order valence-corrected chi connectivity index (χ1v) is 4.81.